The minimum Gasteiger partial charge on any atom is -0.402 e. The van der Waals surface area contributed by atoms with E-state index in [-0.39, 0.29) is 0 Å². The Morgan fingerprint density at radius 2 is 1.92 bits per heavy atom. The highest BCUT2D eigenvalue weighted by Crippen LogP contribution is 2.35. The maximum absolute atomic E-state index is 6.32. The molecule has 5 heterocycles. The number of nitrogens with zero attached hydrogens (tertiary/aromatic N) is 4. The Kier molecular flexibility index (Phi) is 5.71. The molecule has 4 aromatic heterocycles. The van der Waals surface area contributed by atoms with Crippen molar-refractivity contribution in [3.05, 3.63) is 65.8 Å². The molecule has 0 saturated carbocycles. The maximum Gasteiger partial charge on any atom is 0.135 e. The number of H-pyrrole nitrogens is 2. The molecule has 1 aliphatic heterocycles. The molecule has 0 bridgehead atoms. The van der Waals surface area contributed by atoms with E-state index in [1.54, 1.807) is 0 Å². The average Bonchev–Trinajstić information content (AvgIpc) is 3.44. The molecule has 0 spiro atoms. The molecule has 0 unspecified atom stereocenters. The highest BCUT2D eigenvalue weighted by molar-refractivity contribution is 5.91. The summed E-state index contributed by atoms with van der Waals surface area (Å²) < 4.78 is 0. The Hall–Kier alpha value is -4.07. The van der Waals surface area contributed by atoms with Gasteiger partial charge >= 0.3 is 0 Å². The van der Waals surface area contributed by atoms with Gasteiger partial charge in [0.2, 0.25) is 0 Å². The zero-order valence-electron chi connectivity index (χ0n) is 20.8. The Morgan fingerprint density at radius 3 is 2.75 bits per heavy atom. The number of pyridine rings is 2. The summed E-state index contributed by atoms with van der Waals surface area (Å²) in [7, 11) is 0. The molecule has 1 saturated heterocycles. The zero-order chi connectivity index (χ0) is 24.6. The lowest BCUT2D eigenvalue weighted by atomic mass is 10.1. The summed E-state index contributed by atoms with van der Waals surface area (Å²) in [5.74, 6) is 0. The van der Waals surface area contributed by atoms with E-state index in [0.29, 0.717) is 12.5 Å². The largest absolute Gasteiger partial charge is 0.402 e. The van der Waals surface area contributed by atoms with Gasteiger partial charge < -0.3 is 20.9 Å². The molecule has 1 aliphatic carbocycles. The van der Waals surface area contributed by atoms with Gasteiger partial charge in [-0.25, -0.2) is 4.98 Å². The van der Waals surface area contributed by atoms with Gasteiger partial charge in [-0.1, -0.05) is 0 Å². The summed E-state index contributed by atoms with van der Waals surface area (Å²) in [5.41, 5.74) is 17.0. The van der Waals surface area contributed by atoms with Crippen molar-refractivity contribution >= 4 is 22.4 Å². The topological polar surface area (TPSA) is 112 Å². The minimum atomic E-state index is 0.328. The molecule has 8 heteroatoms. The number of allylic oxidation sites excluding steroid dienone is 3. The van der Waals surface area contributed by atoms with E-state index >= 15 is 0 Å². The average molecular weight is 481 g/mol. The van der Waals surface area contributed by atoms with E-state index in [1.807, 2.05) is 30.6 Å². The fourth-order valence-electron chi connectivity index (χ4n) is 5.18. The molecule has 5 N–H and O–H groups in total. The number of aromatic amines is 2. The van der Waals surface area contributed by atoms with Gasteiger partial charge in [-0.05, 0) is 69.5 Å². The van der Waals surface area contributed by atoms with Crippen LogP contribution >= 0.6 is 0 Å². The third-order valence-electron chi connectivity index (χ3n) is 6.86. The van der Waals surface area contributed by atoms with Crippen LogP contribution in [0.4, 0.5) is 5.69 Å². The number of fused-ring (bicyclic) bond motifs is 2. The number of nitrogens with two attached hydrogens (primary N) is 1. The molecular formula is C28H32N8. The highest BCUT2D eigenvalue weighted by atomic mass is 15.2. The molecule has 36 heavy (non-hydrogen) atoms. The Labute approximate surface area is 210 Å². The molecule has 0 aromatic carbocycles. The molecule has 2 aliphatic rings. The quantitative estimate of drug-likeness (QED) is 0.318. The van der Waals surface area contributed by atoms with Crippen LogP contribution in [0.5, 0.6) is 0 Å². The Morgan fingerprint density at radius 1 is 1.06 bits per heavy atom. The van der Waals surface area contributed by atoms with E-state index < -0.39 is 0 Å². The summed E-state index contributed by atoms with van der Waals surface area (Å²) >= 11 is 0. The van der Waals surface area contributed by atoms with Gasteiger partial charge in [0.15, 0.2) is 0 Å². The lowest BCUT2D eigenvalue weighted by Gasteiger charge is -2.31. The number of nitrogens with one attached hydrogen (secondary N) is 3. The maximum atomic E-state index is 6.32. The van der Waals surface area contributed by atoms with Crippen molar-refractivity contribution in [1.82, 2.24) is 30.0 Å². The van der Waals surface area contributed by atoms with Gasteiger partial charge in [0, 0.05) is 66.2 Å². The van der Waals surface area contributed by atoms with Gasteiger partial charge in [-0.2, -0.15) is 5.10 Å². The summed E-state index contributed by atoms with van der Waals surface area (Å²) in [6.07, 6.45) is 12.3. The summed E-state index contributed by atoms with van der Waals surface area (Å²) in [6.45, 7) is 6.38. The Bertz CT molecular complexity index is 1470. The first-order chi connectivity index (χ1) is 17.5. The molecule has 0 atom stereocenters. The van der Waals surface area contributed by atoms with Crippen molar-refractivity contribution in [2.24, 2.45) is 5.73 Å². The predicted octanol–water partition coefficient (Wildman–Crippen LogP) is 5.06. The van der Waals surface area contributed by atoms with E-state index in [9.17, 15) is 0 Å². The number of hydrogen-bond acceptors (Lipinski definition) is 6. The van der Waals surface area contributed by atoms with Crippen LogP contribution in [0.3, 0.4) is 0 Å². The van der Waals surface area contributed by atoms with Crippen LogP contribution in [0.15, 0.2) is 54.5 Å². The first-order valence-corrected chi connectivity index (χ1v) is 12.8. The van der Waals surface area contributed by atoms with Gasteiger partial charge in [0.05, 0.1) is 22.6 Å². The van der Waals surface area contributed by atoms with E-state index in [0.717, 1.165) is 63.8 Å². The number of anilines is 1. The standard InChI is InChI=1S/C28H32N8/c1-17(2)31-20-12-18(15-30-16-20)22-7-8-23-27(33-22)28(35-34-23)25-14-21-24(32-25)13-19(29)6-9-26(21)36-10-4-3-5-11-36/h6-9,12,14-17,31-32H,3-5,10-11,13,29H2,1-2H3,(H,34,35). The van der Waals surface area contributed by atoms with Crippen LogP contribution in [-0.4, -0.2) is 49.2 Å². The van der Waals surface area contributed by atoms with Crippen molar-refractivity contribution in [3.8, 4) is 22.6 Å². The minimum absolute atomic E-state index is 0.328. The molecule has 8 nitrogen and oxygen atoms in total. The molecule has 0 radical (unpaired) electrons. The van der Waals surface area contributed by atoms with Crippen LogP contribution in [0, 0.1) is 0 Å². The number of likely N-dealkylation sites (tertiary alicyclic amines) is 1. The number of hydrogen-bond donors (Lipinski definition) is 4. The van der Waals surface area contributed by atoms with E-state index in [1.165, 1.54) is 30.5 Å². The lowest BCUT2D eigenvalue weighted by molar-refractivity contribution is 0.326. The van der Waals surface area contributed by atoms with Crippen molar-refractivity contribution in [1.29, 1.82) is 0 Å². The van der Waals surface area contributed by atoms with Crippen molar-refractivity contribution < 1.29 is 0 Å². The smallest absolute Gasteiger partial charge is 0.135 e. The highest BCUT2D eigenvalue weighted by Gasteiger charge is 2.23. The fourth-order valence-corrected chi connectivity index (χ4v) is 5.18. The summed E-state index contributed by atoms with van der Waals surface area (Å²) in [4.78, 5) is 15.5. The summed E-state index contributed by atoms with van der Waals surface area (Å²) in [5, 5.41) is 11.2. The molecule has 1 fully saturated rings. The third kappa shape index (κ3) is 4.23. The second-order valence-electron chi connectivity index (χ2n) is 10.0. The first-order valence-electron chi connectivity index (χ1n) is 12.8. The van der Waals surface area contributed by atoms with E-state index in [2.05, 4.69) is 62.4 Å². The van der Waals surface area contributed by atoms with E-state index in [4.69, 9.17) is 10.7 Å². The number of piperidine rings is 1. The second kappa shape index (κ2) is 9.18. The van der Waals surface area contributed by atoms with Gasteiger partial charge in [-0.3, -0.25) is 10.1 Å². The SMILES string of the molecule is CC(C)Nc1cncc(-c2ccc3[nH]nc(-c4cc5c([nH]4)CC(N)=CC=C5N4CCCCC4)c3n2)c1. The Balaban J connectivity index is 1.40. The van der Waals surface area contributed by atoms with Crippen LogP contribution in [0.2, 0.25) is 0 Å². The monoisotopic (exact) mass is 480 g/mol. The zero-order valence-corrected chi connectivity index (χ0v) is 20.8. The predicted molar refractivity (Wildman–Crippen MR) is 145 cm³/mol. The van der Waals surface area contributed by atoms with Gasteiger partial charge in [0.25, 0.3) is 0 Å². The van der Waals surface area contributed by atoms with Crippen LogP contribution < -0.4 is 11.1 Å². The van der Waals surface area contributed by atoms with Crippen LogP contribution in [0.25, 0.3) is 39.4 Å². The van der Waals surface area contributed by atoms with Gasteiger partial charge in [-0.15, -0.1) is 0 Å². The normalized spacial score (nSPS) is 16.0. The number of aromatic nitrogens is 5. The van der Waals surface area contributed by atoms with Gasteiger partial charge in [0.1, 0.15) is 11.2 Å². The fraction of sp³-hybridized carbons (Fsp3) is 0.321. The van der Waals surface area contributed by atoms with Crippen LogP contribution in [0.1, 0.15) is 44.4 Å². The summed E-state index contributed by atoms with van der Waals surface area (Å²) in [6, 6.07) is 8.66. The van der Waals surface area contributed by atoms with Crippen LogP contribution in [-0.2, 0) is 6.42 Å². The van der Waals surface area contributed by atoms with Crippen molar-refractivity contribution in [2.75, 3.05) is 18.4 Å². The molecule has 6 rings (SSSR count). The molecular weight excluding hydrogens is 448 g/mol. The molecule has 184 valence electrons. The van der Waals surface area contributed by atoms with Crippen molar-refractivity contribution in [3.63, 3.8) is 0 Å². The second-order valence-corrected chi connectivity index (χ2v) is 10.0. The molecule has 0 amide bonds. The molecule has 4 aromatic rings. The van der Waals surface area contributed by atoms with Crippen molar-refractivity contribution in [2.45, 2.75) is 45.6 Å². The lowest BCUT2D eigenvalue weighted by Crippen LogP contribution is -2.28. The number of rotatable bonds is 5. The first kappa shape index (κ1) is 22.4. The third-order valence-corrected chi connectivity index (χ3v) is 6.86.